The van der Waals surface area contributed by atoms with Gasteiger partial charge in [0, 0.05) is 27.3 Å². The number of carbonyl (C=O) groups excluding carboxylic acids is 3. The SMILES string of the molecule is CCCS(=O)(=O)Cl.CCCS(=O)(=O)Nc1ccc(Cl)c(C(=O)O)c1F.CCCS(=O)(=O)Nc1ccc(Cl)c(C(=O)OCc2ccccc2)c1F.CCCS(=O)(=O)Nc1cccc(C(=O)O)c1F.Nc1ccc(Cl)c(C(=O)OCc2ccccc2)c1F.Nc1ccc(Cl)cc1F.O=C(Cl)OCc1ccccc1. The normalized spacial score (nSPS) is 10.7. The number of carboxylic acid groups (broad SMARTS) is 2. The summed E-state index contributed by atoms with van der Waals surface area (Å²) < 4.78 is 178. The quantitative estimate of drug-likeness (QED) is 0.00971. The van der Waals surface area contributed by atoms with Crippen LogP contribution in [0, 0.1) is 29.1 Å². The van der Waals surface area contributed by atoms with Gasteiger partial charge in [0.2, 0.25) is 39.1 Å². The van der Waals surface area contributed by atoms with Gasteiger partial charge in [-0.1, -0.05) is 171 Å². The maximum atomic E-state index is 14.6. The zero-order valence-electron chi connectivity index (χ0n) is 56.2. The Balaban J connectivity index is 0.000000434. The molecule has 0 unspecified atom stereocenters. The second-order valence-corrected chi connectivity index (χ2v) is 31.4. The number of hydrogen-bond acceptors (Lipinski definition) is 18. The van der Waals surface area contributed by atoms with Gasteiger partial charge < -0.3 is 35.9 Å². The number of anilines is 5. The van der Waals surface area contributed by atoms with E-state index >= 15 is 0 Å². The van der Waals surface area contributed by atoms with Crippen molar-refractivity contribution in [1.29, 1.82) is 0 Å². The standard InChI is InChI=1S/C17H17ClFNO4S.C14H11ClFNO2.C10H11ClFNO4S.C10H12FNO4S.C8H7ClO2.C6H5ClFN.C3H7ClO2S/c1-2-10-25(22,23)20-14-9-8-13(18)15(16(14)19)17(21)24-11-12-6-4-3-5-7-12;15-10-6-7-11(17)13(16)12(10)14(18)19-8-9-4-2-1-3-5-9;1-2-5-18(16,17)13-7-4-3-6(11)8(9(7)12)10(14)15;1-2-6-17(15,16)12-8-5-3-4-7(9(8)11)10(13)14;9-8(10)11-6-7-4-2-1-3-5-7;7-4-1-2-6(9)5(8)3-4;1-2-3-7(4,5)6/h3-9,20H,2,10-11H2,1H3;1-7H,8,17H2;3-4,13H,2,5H2,1H3,(H,14,15);3-5,12H,2,6H2,1H3,(H,13,14);1-5H,6H2;1-3H,9H2;2-3H2,1H3. The Kier molecular flexibility index (Phi) is 40.9. The number of sulfonamides is 3. The summed E-state index contributed by atoms with van der Waals surface area (Å²) in [6.45, 7) is 7.00. The van der Waals surface area contributed by atoms with Crippen LogP contribution >= 0.6 is 68.7 Å². The van der Waals surface area contributed by atoms with E-state index in [1.54, 1.807) is 70.2 Å². The maximum Gasteiger partial charge on any atom is 0.404 e. The fourth-order valence-corrected chi connectivity index (χ4v) is 12.9. The molecule has 8 rings (SSSR count). The van der Waals surface area contributed by atoms with Crippen molar-refractivity contribution in [3.05, 3.63) is 252 Å². The number of nitrogens with two attached hydrogens (primary N) is 2. The number of hydrogen-bond donors (Lipinski definition) is 7. The molecule has 0 fully saturated rings. The highest BCUT2D eigenvalue weighted by Gasteiger charge is 2.25. The highest BCUT2D eigenvalue weighted by atomic mass is 35.7. The Morgan fingerprint density at radius 1 is 0.415 bits per heavy atom. The third-order valence-electron chi connectivity index (χ3n) is 12.4. The summed E-state index contributed by atoms with van der Waals surface area (Å²) in [6.07, 6.45) is 1.70. The van der Waals surface area contributed by atoms with Gasteiger partial charge in [-0.05, 0) is 109 Å². The first-order chi connectivity index (χ1) is 49.6. The zero-order chi connectivity index (χ0) is 80.1. The molecule has 106 heavy (non-hydrogen) atoms. The highest BCUT2D eigenvalue weighted by Crippen LogP contribution is 2.30. The third-order valence-corrected chi connectivity index (χ3v) is 19.5. The van der Waals surface area contributed by atoms with Gasteiger partial charge in [0.25, 0.3) is 0 Å². The second-order valence-electron chi connectivity index (χ2n) is 21.0. The van der Waals surface area contributed by atoms with E-state index < -0.39 is 120 Å². The summed E-state index contributed by atoms with van der Waals surface area (Å²) in [5.41, 5.74) is 8.94. The van der Waals surface area contributed by atoms with E-state index in [9.17, 15) is 79.6 Å². The van der Waals surface area contributed by atoms with E-state index in [-0.39, 0.29) is 86.2 Å². The first kappa shape index (κ1) is 93.4. The van der Waals surface area contributed by atoms with Crippen LogP contribution in [0.25, 0.3) is 0 Å². The molecule has 8 aromatic rings. The van der Waals surface area contributed by atoms with Crippen molar-refractivity contribution in [3.8, 4) is 0 Å². The minimum absolute atomic E-state index is 0.0234. The fraction of sp³-hybridized carbons (Fsp3) is 0.221. The van der Waals surface area contributed by atoms with Crippen LogP contribution in [-0.2, 0) is 73.2 Å². The molecule has 0 amide bonds. The Morgan fingerprint density at radius 3 is 1.10 bits per heavy atom. The minimum atomic E-state index is -3.70. The van der Waals surface area contributed by atoms with Crippen molar-refractivity contribution in [3.63, 3.8) is 0 Å². The third kappa shape index (κ3) is 35.1. The van der Waals surface area contributed by atoms with Crippen molar-refractivity contribution in [2.45, 2.75) is 73.2 Å². The van der Waals surface area contributed by atoms with Gasteiger partial charge >= 0.3 is 29.3 Å². The molecular formula is C68H70Cl6F5N5O18S4. The van der Waals surface area contributed by atoms with Crippen LogP contribution in [0.3, 0.4) is 0 Å². The molecule has 0 atom stereocenters. The van der Waals surface area contributed by atoms with Crippen LogP contribution in [-0.4, -0.2) is 96.2 Å². The van der Waals surface area contributed by atoms with Crippen LogP contribution in [0.2, 0.25) is 20.1 Å². The molecule has 0 aromatic heterocycles. The van der Waals surface area contributed by atoms with E-state index in [1.807, 2.05) is 64.0 Å². The van der Waals surface area contributed by atoms with Crippen molar-refractivity contribution in [2.75, 3.05) is 48.6 Å². The van der Waals surface area contributed by atoms with E-state index in [0.717, 1.165) is 34.9 Å². The monoisotopic (exact) mass is 1680 g/mol. The summed E-state index contributed by atoms with van der Waals surface area (Å²) in [4.78, 5) is 55.6. The Bertz CT molecular complexity index is 4730. The Hall–Kier alpha value is -8.70. The molecule has 0 aliphatic carbocycles. The van der Waals surface area contributed by atoms with Crippen LogP contribution < -0.4 is 25.6 Å². The molecule has 23 nitrogen and oxygen atoms in total. The van der Waals surface area contributed by atoms with Gasteiger partial charge in [-0.3, -0.25) is 14.2 Å². The molecule has 8 aromatic carbocycles. The Labute approximate surface area is 638 Å². The van der Waals surface area contributed by atoms with Gasteiger partial charge in [0.1, 0.15) is 42.3 Å². The van der Waals surface area contributed by atoms with Gasteiger partial charge in [0.05, 0.1) is 72.1 Å². The number of rotatable bonds is 24. The summed E-state index contributed by atoms with van der Waals surface area (Å²) in [5, 5.41) is 17.3. The summed E-state index contributed by atoms with van der Waals surface area (Å²) in [7, 11) is -9.42. The molecule has 576 valence electrons. The fourth-order valence-electron chi connectivity index (χ4n) is 7.69. The predicted molar refractivity (Wildman–Crippen MR) is 401 cm³/mol. The van der Waals surface area contributed by atoms with E-state index in [1.165, 1.54) is 48.5 Å². The molecule has 0 bridgehead atoms. The van der Waals surface area contributed by atoms with Crippen molar-refractivity contribution in [1.82, 2.24) is 0 Å². The smallest absolute Gasteiger partial charge is 0.404 e. The van der Waals surface area contributed by atoms with E-state index in [0.29, 0.717) is 30.7 Å². The van der Waals surface area contributed by atoms with E-state index in [2.05, 4.69) is 9.46 Å². The van der Waals surface area contributed by atoms with Gasteiger partial charge in [-0.2, -0.15) is 0 Å². The number of halogens is 11. The van der Waals surface area contributed by atoms with Crippen LogP contribution in [0.5, 0.6) is 0 Å². The lowest BCUT2D eigenvalue weighted by atomic mass is 10.2. The average Bonchev–Trinajstić information content (AvgIpc) is 0.828. The molecule has 9 N–H and O–H groups in total. The first-order valence-corrected chi connectivity index (χ1v) is 39.8. The van der Waals surface area contributed by atoms with Crippen LogP contribution in [0.4, 0.5) is 55.2 Å². The lowest BCUT2D eigenvalue weighted by Gasteiger charge is -2.12. The molecule has 0 saturated carbocycles. The van der Waals surface area contributed by atoms with Crippen LogP contribution in [0.15, 0.2) is 164 Å². The summed E-state index contributed by atoms with van der Waals surface area (Å²) in [5.74, 6) is -9.90. The first-order valence-electron chi connectivity index (χ1n) is 30.5. The Morgan fingerprint density at radius 2 is 0.764 bits per heavy atom. The number of carboxylic acids is 2. The second kappa shape index (κ2) is 46.4. The molecule has 0 saturated heterocycles. The zero-order valence-corrected chi connectivity index (χ0v) is 64.0. The molecule has 38 heteroatoms. The number of nitrogen functional groups attached to an aromatic ring is 2. The summed E-state index contributed by atoms with van der Waals surface area (Å²) in [6, 6.07) is 42.2. The topological polar surface area (TPSA) is 378 Å². The lowest BCUT2D eigenvalue weighted by Crippen LogP contribution is -2.18. The molecule has 0 aliphatic heterocycles. The predicted octanol–water partition coefficient (Wildman–Crippen LogP) is 17.0. The van der Waals surface area contributed by atoms with E-state index in [4.69, 9.17) is 99.8 Å². The number of esters is 2. The van der Waals surface area contributed by atoms with Crippen LogP contribution in [0.1, 0.15) is 112 Å². The van der Waals surface area contributed by atoms with Crippen molar-refractivity contribution < 1.29 is 104 Å². The number of benzene rings is 8. The molecular weight excluding hydrogens is 1610 g/mol. The van der Waals surface area contributed by atoms with Crippen molar-refractivity contribution in [2.24, 2.45) is 0 Å². The van der Waals surface area contributed by atoms with Gasteiger partial charge in [0.15, 0.2) is 23.3 Å². The molecule has 0 aliphatic rings. The summed E-state index contributed by atoms with van der Waals surface area (Å²) >= 11 is 27.6. The highest BCUT2D eigenvalue weighted by molar-refractivity contribution is 8.13. The number of carbonyl (C=O) groups is 5. The van der Waals surface area contributed by atoms with Gasteiger partial charge in [-0.15, -0.1) is 0 Å². The minimum Gasteiger partial charge on any atom is -0.478 e. The van der Waals surface area contributed by atoms with Crippen molar-refractivity contribution >= 4 is 166 Å². The largest absolute Gasteiger partial charge is 0.478 e. The van der Waals surface area contributed by atoms with Gasteiger partial charge in [-0.25, -0.2) is 79.6 Å². The molecule has 0 heterocycles. The lowest BCUT2D eigenvalue weighted by molar-refractivity contribution is 0.0458. The number of ether oxygens (including phenoxy) is 3. The molecule has 0 spiro atoms. The molecule has 0 radical (unpaired) electrons. The maximum absolute atomic E-state index is 14.6. The average molecular weight is 1680 g/mol. The number of aromatic carboxylic acids is 2. The number of nitrogens with one attached hydrogen (secondary N) is 3.